The minimum absolute atomic E-state index is 0.212. The first-order chi connectivity index (χ1) is 8.58. The minimum atomic E-state index is -0.886. The van der Waals surface area contributed by atoms with Crippen LogP contribution in [0.25, 0.3) is 11.0 Å². The molecule has 2 aromatic rings. The summed E-state index contributed by atoms with van der Waals surface area (Å²) >= 11 is 2.24. The zero-order valence-corrected chi connectivity index (χ0v) is 12.0. The maximum atomic E-state index is 11.1. The molecule has 0 saturated carbocycles. The van der Waals surface area contributed by atoms with E-state index >= 15 is 0 Å². The van der Waals surface area contributed by atoms with Crippen molar-refractivity contribution in [1.29, 1.82) is 0 Å². The lowest BCUT2D eigenvalue weighted by Crippen LogP contribution is -2.37. The molecule has 0 radical (unpaired) electrons. The van der Waals surface area contributed by atoms with Crippen LogP contribution in [0.3, 0.4) is 0 Å². The number of amides is 1. The van der Waals surface area contributed by atoms with Gasteiger partial charge in [0.15, 0.2) is 0 Å². The molecule has 1 amide bonds. The summed E-state index contributed by atoms with van der Waals surface area (Å²) in [7, 11) is 0. The maximum Gasteiger partial charge on any atom is 0.407 e. The van der Waals surface area contributed by atoms with Gasteiger partial charge in [-0.15, -0.1) is 0 Å². The number of fused-ring (bicyclic) bond motifs is 3. The van der Waals surface area contributed by atoms with Crippen LogP contribution in [-0.2, 0) is 6.42 Å². The van der Waals surface area contributed by atoms with Crippen molar-refractivity contribution in [3.63, 3.8) is 0 Å². The molecule has 0 saturated heterocycles. The number of hydrogen-bond donors (Lipinski definition) is 1. The topological polar surface area (TPSA) is 53.7 Å². The molecular formula is C13H12INO3. The van der Waals surface area contributed by atoms with E-state index in [1.807, 2.05) is 19.1 Å². The Morgan fingerprint density at radius 3 is 3.06 bits per heavy atom. The van der Waals surface area contributed by atoms with E-state index in [2.05, 4.69) is 28.7 Å². The molecule has 1 unspecified atom stereocenters. The molecule has 0 bridgehead atoms. The smallest absolute Gasteiger partial charge is 0.407 e. The van der Waals surface area contributed by atoms with Gasteiger partial charge in [0.05, 0.1) is 6.04 Å². The summed E-state index contributed by atoms with van der Waals surface area (Å²) in [6.07, 6.45) is -0.164. The molecule has 1 N–H and O–H groups in total. The molecule has 1 aromatic carbocycles. The Morgan fingerprint density at radius 2 is 2.33 bits per heavy atom. The van der Waals surface area contributed by atoms with Crippen LogP contribution in [-0.4, -0.2) is 22.6 Å². The quantitative estimate of drug-likeness (QED) is 0.733. The molecular weight excluding hydrogens is 345 g/mol. The SMILES string of the molecule is CC1c2oc3cc(I)ccc3c2CCN1C(=O)O. The van der Waals surface area contributed by atoms with E-state index in [1.54, 1.807) is 0 Å². The second kappa shape index (κ2) is 4.15. The van der Waals surface area contributed by atoms with E-state index in [0.29, 0.717) is 6.54 Å². The number of benzene rings is 1. The van der Waals surface area contributed by atoms with Crippen molar-refractivity contribution < 1.29 is 14.3 Å². The average molecular weight is 357 g/mol. The predicted octanol–water partition coefficient (Wildman–Crippen LogP) is 3.63. The van der Waals surface area contributed by atoms with Gasteiger partial charge in [0.1, 0.15) is 11.3 Å². The van der Waals surface area contributed by atoms with E-state index in [0.717, 1.165) is 32.3 Å². The van der Waals surface area contributed by atoms with Gasteiger partial charge in [0, 0.05) is 21.1 Å². The normalized spacial score (nSPS) is 19.0. The highest BCUT2D eigenvalue weighted by Crippen LogP contribution is 2.37. The molecule has 0 aliphatic carbocycles. The molecule has 3 rings (SSSR count). The Hall–Kier alpha value is -1.24. The van der Waals surface area contributed by atoms with E-state index in [-0.39, 0.29) is 6.04 Å². The Balaban J connectivity index is 2.16. The summed E-state index contributed by atoms with van der Waals surface area (Å²) in [5, 5.41) is 10.2. The third-order valence-electron chi connectivity index (χ3n) is 3.48. The summed E-state index contributed by atoms with van der Waals surface area (Å²) in [5.41, 5.74) is 2.01. The molecule has 94 valence electrons. The number of halogens is 1. The van der Waals surface area contributed by atoms with Crippen LogP contribution in [0.2, 0.25) is 0 Å². The summed E-state index contributed by atoms with van der Waals surface area (Å²) in [6, 6.07) is 5.89. The first kappa shape index (κ1) is 11.8. The first-order valence-corrected chi connectivity index (χ1v) is 6.86. The number of carboxylic acid groups (broad SMARTS) is 1. The van der Waals surface area contributed by atoms with Gasteiger partial charge in [-0.25, -0.2) is 4.79 Å². The van der Waals surface area contributed by atoms with Crippen molar-refractivity contribution in [3.8, 4) is 0 Å². The van der Waals surface area contributed by atoms with E-state index in [9.17, 15) is 4.79 Å². The number of furan rings is 1. The van der Waals surface area contributed by atoms with Crippen LogP contribution in [0.5, 0.6) is 0 Å². The molecule has 0 fully saturated rings. The number of carbonyl (C=O) groups is 1. The van der Waals surface area contributed by atoms with Gasteiger partial charge in [-0.3, -0.25) is 4.90 Å². The van der Waals surface area contributed by atoms with Gasteiger partial charge >= 0.3 is 6.09 Å². The van der Waals surface area contributed by atoms with Crippen molar-refractivity contribution >= 4 is 39.7 Å². The zero-order valence-electron chi connectivity index (χ0n) is 9.81. The van der Waals surface area contributed by atoms with Crippen molar-refractivity contribution in [1.82, 2.24) is 4.90 Å². The molecule has 4 nitrogen and oxygen atoms in total. The molecule has 1 aromatic heterocycles. The van der Waals surface area contributed by atoms with Crippen LogP contribution >= 0.6 is 22.6 Å². The zero-order chi connectivity index (χ0) is 12.9. The van der Waals surface area contributed by atoms with Crippen LogP contribution in [0.1, 0.15) is 24.3 Å². The molecule has 18 heavy (non-hydrogen) atoms. The minimum Gasteiger partial charge on any atom is -0.465 e. The Bertz CT molecular complexity index is 634. The largest absolute Gasteiger partial charge is 0.465 e. The van der Waals surface area contributed by atoms with Crippen LogP contribution in [0, 0.1) is 3.57 Å². The second-order valence-electron chi connectivity index (χ2n) is 4.49. The van der Waals surface area contributed by atoms with Crippen molar-refractivity contribution in [2.75, 3.05) is 6.54 Å². The number of hydrogen-bond acceptors (Lipinski definition) is 2. The van der Waals surface area contributed by atoms with Crippen LogP contribution in [0.4, 0.5) is 4.79 Å². The third kappa shape index (κ3) is 1.68. The lowest BCUT2D eigenvalue weighted by Gasteiger charge is -2.29. The molecule has 1 aliphatic heterocycles. The van der Waals surface area contributed by atoms with Crippen molar-refractivity contribution in [2.45, 2.75) is 19.4 Å². The molecule has 1 atom stereocenters. The van der Waals surface area contributed by atoms with Gasteiger partial charge in [0.2, 0.25) is 0 Å². The summed E-state index contributed by atoms with van der Waals surface area (Å²) in [5.74, 6) is 0.792. The first-order valence-electron chi connectivity index (χ1n) is 5.78. The summed E-state index contributed by atoms with van der Waals surface area (Å²) in [4.78, 5) is 12.6. The monoisotopic (exact) mass is 357 g/mol. The van der Waals surface area contributed by atoms with Gasteiger partial charge in [-0.2, -0.15) is 0 Å². The second-order valence-corrected chi connectivity index (χ2v) is 5.73. The van der Waals surface area contributed by atoms with Crippen LogP contribution in [0.15, 0.2) is 22.6 Å². The fourth-order valence-electron chi connectivity index (χ4n) is 2.57. The number of nitrogens with zero attached hydrogens (tertiary/aromatic N) is 1. The molecule has 1 aliphatic rings. The van der Waals surface area contributed by atoms with Gasteiger partial charge in [-0.05, 0) is 54.1 Å². The fraction of sp³-hybridized carbons (Fsp3) is 0.308. The van der Waals surface area contributed by atoms with Crippen molar-refractivity contribution in [2.24, 2.45) is 0 Å². The lowest BCUT2D eigenvalue weighted by molar-refractivity contribution is 0.118. The summed E-state index contributed by atoms with van der Waals surface area (Å²) in [6.45, 7) is 2.41. The van der Waals surface area contributed by atoms with E-state index < -0.39 is 6.09 Å². The van der Waals surface area contributed by atoms with E-state index in [4.69, 9.17) is 9.52 Å². The average Bonchev–Trinajstić information content (AvgIpc) is 2.67. The van der Waals surface area contributed by atoms with E-state index in [1.165, 1.54) is 4.90 Å². The summed E-state index contributed by atoms with van der Waals surface area (Å²) < 4.78 is 6.97. The third-order valence-corrected chi connectivity index (χ3v) is 4.15. The highest BCUT2D eigenvalue weighted by atomic mass is 127. The highest BCUT2D eigenvalue weighted by Gasteiger charge is 2.31. The Morgan fingerprint density at radius 1 is 1.56 bits per heavy atom. The maximum absolute atomic E-state index is 11.1. The number of rotatable bonds is 0. The van der Waals surface area contributed by atoms with Crippen molar-refractivity contribution in [3.05, 3.63) is 33.1 Å². The fourth-order valence-corrected chi connectivity index (χ4v) is 3.03. The lowest BCUT2D eigenvalue weighted by atomic mass is 9.99. The Kier molecular flexibility index (Phi) is 2.73. The molecule has 5 heteroatoms. The van der Waals surface area contributed by atoms with Crippen LogP contribution < -0.4 is 0 Å². The Labute approximate surface area is 118 Å². The standard InChI is InChI=1S/C13H12INO3/c1-7-12-10(4-5-15(7)13(16)17)9-3-2-8(14)6-11(9)18-12/h2-3,6-7H,4-5H2,1H3,(H,16,17). The van der Waals surface area contributed by atoms with Gasteiger partial charge < -0.3 is 9.52 Å². The molecule has 2 heterocycles. The molecule has 0 spiro atoms. The highest BCUT2D eigenvalue weighted by molar-refractivity contribution is 14.1. The predicted molar refractivity (Wildman–Crippen MR) is 75.8 cm³/mol. The van der Waals surface area contributed by atoms with Gasteiger partial charge in [-0.1, -0.05) is 0 Å². The van der Waals surface area contributed by atoms with Gasteiger partial charge in [0.25, 0.3) is 0 Å².